The van der Waals surface area contributed by atoms with Crippen molar-refractivity contribution in [2.45, 2.75) is 30.4 Å². The van der Waals surface area contributed by atoms with E-state index in [-0.39, 0.29) is 29.3 Å². The number of amides is 1. The summed E-state index contributed by atoms with van der Waals surface area (Å²) in [4.78, 5) is 27.0. The number of carbonyl (C=O) groups is 2. The Morgan fingerprint density at radius 2 is 2.00 bits per heavy atom. The second-order valence-corrected chi connectivity index (χ2v) is 7.86. The van der Waals surface area contributed by atoms with Gasteiger partial charge in [0.15, 0.2) is 5.76 Å². The van der Waals surface area contributed by atoms with Crippen LogP contribution < -0.4 is 0 Å². The number of furan rings is 1. The van der Waals surface area contributed by atoms with Crippen LogP contribution in [0.3, 0.4) is 0 Å². The van der Waals surface area contributed by atoms with E-state index in [1.54, 1.807) is 36.1 Å². The predicted molar refractivity (Wildman–Crippen MR) is 101 cm³/mol. The van der Waals surface area contributed by atoms with Gasteiger partial charge in [0.05, 0.1) is 29.1 Å². The molecule has 1 aromatic carbocycles. The Balaban J connectivity index is 1.62. The monoisotopic (exact) mass is 389 g/mol. The van der Waals surface area contributed by atoms with E-state index in [4.69, 9.17) is 9.15 Å². The van der Waals surface area contributed by atoms with E-state index in [1.165, 1.54) is 0 Å². The molecule has 2 aromatic rings. The summed E-state index contributed by atoms with van der Waals surface area (Å²) in [5, 5.41) is 0. The molecule has 144 valence electrons. The van der Waals surface area contributed by atoms with E-state index in [9.17, 15) is 13.8 Å². The van der Waals surface area contributed by atoms with E-state index in [2.05, 4.69) is 0 Å². The number of piperidine rings is 1. The molecular weight excluding hydrogens is 366 g/mol. The van der Waals surface area contributed by atoms with Crippen LogP contribution >= 0.6 is 0 Å². The molecule has 27 heavy (non-hydrogen) atoms. The lowest BCUT2D eigenvalue weighted by Gasteiger charge is -2.30. The smallest absolute Gasteiger partial charge is 0.310 e. The average Bonchev–Trinajstić information content (AvgIpc) is 3.16. The topological polar surface area (TPSA) is 76.8 Å². The summed E-state index contributed by atoms with van der Waals surface area (Å²) in [7, 11) is -1.23. The van der Waals surface area contributed by atoms with Gasteiger partial charge < -0.3 is 14.1 Å². The maximum absolute atomic E-state index is 12.7. The first-order valence-electron chi connectivity index (χ1n) is 9.06. The summed E-state index contributed by atoms with van der Waals surface area (Å²) in [5.41, 5.74) is 0. The number of hydrogen-bond acceptors (Lipinski definition) is 5. The van der Waals surface area contributed by atoms with Crippen LogP contribution in [0.15, 0.2) is 51.8 Å². The molecule has 1 amide bonds. The van der Waals surface area contributed by atoms with Crippen molar-refractivity contribution in [2.24, 2.45) is 5.92 Å². The summed E-state index contributed by atoms with van der Waals surface area (Å²) in [6.45, 7) is 3.03. The molecule has 1 aromatic heterocycles. The Hall–Kier alpha value is -2.41. The largest absolute Gasteiger partial charge is 0.466 e. The zero-order valence-electron chi connectivity index (χ0n) is 15.3. The van der Waals surface area contributed by atoms with E-state index in [1.807, 2.05) is 18.2 Å². The fourth-order valence-corrected chi connectivity index (χ4v) is 4.17. The van der Waals surface area contributed by atoms with Crippen LogP contribution in [0.4, 0.5) is 0 Å². The number of likely N-dealkylation sites (tertiary alicyclic amines) is 1. The SMILES string of the molecule is CCOC(=O)[C@@H]1CCCN(C(=O)c2ccc(C[S@](=O)c3ccccc3)o2)C1. The minimum atomic E-state index is -1.23. The number of ether oxygens (including phenoxy) is 1. The predicted octanol–water partition coefficient (Wildman–Crippen LogP) is 3.00. The van der Waals surface area contributed by atoms with E-state index < -0.39 is 10.8 Å². The van der Waals surface area contributed by atoms with Crippen molar-refractivity contribution in [1.82, 2.24) is 4.90 Å². The van der Waals surface area contributed by atoms with E-state index in [0.717, 1.165) is 17.7 Å². The summed E-state index contributed by atoms with van der Waals surface area (Å²) >= 11 is 0. The molecule has 0 spiro atoms. The summed E-state index contributed by atoms with van der Waals surface area (Å²) < 4.78 is 23.1. The van der Waals surface area contributed by atoms with Gasteiger partial charge in [-0.15, -0.1) is 0 Å². The van der Waals surface area contributed by atoms with Gasteiger partial charge in [-0.1, -0.05) is 18.2 Å². The van der Waals surface area contributed by atoms with Gasteiger partial charge in [0, 0.05) is 18.0 Å². The summed E-state index contributed by atoms with van der Waals surface area (Å²) in [5.74, 6) is 0.124. The molecule has 0 N–H and O–H groups in total. The molecule has 0 unspecified atom stereocenters. The zero-order valence-corrected chi connectivity index (χ0v) is 16.1. The van der Waals surface area contributed by atoms with Gasteiger partial charge in [-0.05, 0) is 44.0 Å². The number of carbonyl (C=O) groups excluding carboxylic acids is 2. The molecule has 0 radical (unpaired) electrons. The molecular formula is C20H23NO5S. The zero-order chi connectivity index (χ0) is 19.2. The van der Waals surface area contributed by atoms with Crippen molar-refractivity contribution in [3.8, 4) is 0 Å². The van der Waals surface area contributed by atoms with E-state index >= 15 is 0 Å². The lowest BCUT2D eigenvalue weighted by Crippen LogP contribution is -2.42. The van der Waals surface area contributed by atoms with Gasteiger partial charge in [0.25, 0.3) is 5.91 Å². The molecule has 1 aliphatic rings. The van der Waals surface area contributed by atoms with Crippen LogP contribution in [0.25, 0.3) is 0 Å². The fraction of sp³-hybridized carbons (Fsp3) is 0.400. The molecule has 0 bridgehead atoms. The molecule has 3 rings (SSSR count). The van der Waals surface area contributed by atoms with Crippen LogP contribution in [0, 0.1) is 5.92 Å². The van der Waals surface area contributed by atoms with Crippen LogP contribution in [0.1, 0.15) is 36.1 Å². The van der Waals surface area contributed by atoms with Gasteiger partial charge in [-0.2, -0.15) is 0 Å². The quantitative estimate of drug-likeness (QED) is 0.710. The van der Waals surface area contributed by atoms with Gasteiger partial charge in [-0.25, -0.2) is 0 Å². The first-order chi connectivity index (χ1) is 13.1. The highest BCUT2D eigenvalue weighted by molar-refractivity contribution is 7.84. The fourth-order valence-electron chi connectivity index (χ4n) is 3.13. The minimum absolute atomic E-state index is 0.208. The second kappa shape index (κ2) is 8.99. The average molecular weight is 389 g/mol. The van der Waals surface area contributed by atoms with Crippen molar-refractivity contribution in [2.75, 3.05) is 19.7 Å². The Kier molecular flexibility index (Phi) is 6.45. The van der Waals surface area contributed by atoms with Crippen molar-refractivity contribution in [1.29, 1.82) is 0 Å². The molecule has 1 fully saturated rings. The van der Waals surface area contributed by atoms with Gasteiger partial charge in [0.2, 0.25) is 0 Å². The lowest BCUT2D eigenvalue weighted by atomic mass is 9.98. The van der Waals surface area contributed by atoms with Crippen molar-refractivity contribution < 1.29 is 23.0 Å². The first kappa shape index (κ1) is 19.4. The van der Waals surface area contributed by atoms with Crippen LogP contribution in [-0.4, -0.2) is 40.7 Å². The van der Waals surface area contributed by atoms with E-state index in [0.29, 0.717) is 25.5 Å². The number of benzene rings is 1. The molecule has 0 aliphatic carbocycles. The summed E-state index contributed by atoms with van der Waals surface area (Å²) in [6.07, 6.45) is 1.48. The van der Waals surface area contributed by atoms with Gasteiger partial charge in [0.1, 0.15) is 5.76 Å². The van der Waals surface area contributed by atoms with Gasteiger partial charge >= 0.3 is 5.97 Å². The highest BCUT2D eigenvalue weighted by atomic mass is 32.2. The minimum Gasteiger partial charge on any atom is -0.466 e. The third kappa shape index (κ3) is 4.86. The molecule has 7 heteroatoms. The van der Waals surface area contributed by atoms with Crippen molar-refractivity contribution in [3.05, 3.63) is 54.0 Å². The Morgan fingerprint density at radius 3 is 2.74 bits per heavy atom. The maximum Gasteiger partial charge on any atom is 0.310 e. The number of rotatable bonds is 6. The highest BCUT2D eigenvalue weighted by Crippen LogP contribution is 2.21. The number of nitrogens with zero attached hydrogens (tertiary/aromatic N) is 1. The van der Waals surface area contributed by atoms with Crippen molar-refractivity contribution in [3.63, 3.8) is 0 Å². The standard InChI is InChI=1S/C20H23NO5S/c1-2-25-20(23)15-7-6-12-21(13-15)19(22)18-11-10-16(26-18)14-27(24)17-8-4-3-5-9-17/h3-5,8-11,15H,2,6-7,12-14H2,1H3/t15-,27+/m1/s1. The first-order valence-corrected chi connectivity index (χ1v) is 10.4. The molecule has 1 saturated heterocycles. The molecule has 6 nitrogen and oxygen atoms in total. The normalized spacial score (nSPS) is 18.1. The third-order valence-electron chi connectivity index (χ3n) is 4.48. The Morgan fingerprint density at radius 1 is 1.22 bits per heavy atom. The molecule has 2 atom stereocenters. The Labute approximate surface area is 160 Å². The molecule has 1 aliphatic heterocycles. The molecule has 0 saturated carbocycles. The van der Waals surface area contributed by atoms with Crippen LogP contribution in [0.5, 0.6) is 0 Å². The van der Waals surface area contributed by atoms with Gasteiger partial charge in [-0.3, -0.25) is 13.8 Å². The van der Waals surface area contributed by atoms with Crippen molar-refractivity contribution >= 4 is 22.7 Å². The second-order valence-electron chi connectivity index (χ2n) is 6.41. The molecule has 2 heterocycles. The van der Waals surface area contributed by atoms with Crippen LogP contribution in [0.2, 0.25) is 0 Å². The summed E-state index contributed by atoms with van der Waals surface area (Å²) in [6, 6.07) is 12.4. The maximum atomic E-state index is 12.7. The number of esters is 1. The lowest BCUT2D eigenvalue weighted by molar-refractivity contribution is -0.149. The third-order valence-corrected chi connectivity index (χ3v) is 5.83. The highest BCUT2D eigenvalue weighted by Gasteiger charge is 2.31. The van der Waals surface area contributed by atoms with Crippen LogP contribution in [-0.2, 0) is 26.1 Å². The number of hydrogen-bond donors (Lipinski definition) is 0. The Bertz CT molecular complexity index is 817.